The number of rotatable bonds is 5. The van der Waals surface area contributed by atoms with Gasteiger partial charge in [0.15, 0.2) is 5.17 Å². The summed E-state index contributed by atoms with van der Waals surface area (Å²) in [6, 6.07) is 0. The number of aliphatic imine (C=N–C) groups is 1. The topological polar surface area (TPSA) is 59.6 Å². The zero-order valence-electron chi connectivity index (χ0n) is 8.73. The van der Waals surface area contributed by atoms with E-state index in [-0.39, 0.29) is 6.61 Å². The molecule has 4 nitrogen and oxygen atoms in total. The highest BCUT2D eigenvalue weighted by Crippen LogP contribution is 2.06. The predicted octanol–water partition coefficient (Wildman–Crippen LogP) is 1.28. The number of thioether (sulfide) groups is 1. The molecule has 0 fully saturated rings. The van der Waals surface area contributed by atoms with Gasteiger partial charge in [-0.25, -0.2) is 0 Å². The lowest BCUT2D eigenvalue weighted by molar-refractivity contribution is 0.250. The van der Waals surface area contributed by atoms with Crippen molar-refractivity contribution in [2.24, 2.45) is 4.99 Å². The average Bonchev–Trinajstić information content (AvgIpc) is 2.21. The largest absolute Gasteiger partial charge is 0.395 e. The molecular formula is C9H17N3OS. The average molecular weight is 215 g/mol. The molecule has 0 unspecified atom stereocenters. The molecule has 0 aliphatic rings. The molecule has 0 aromatic heterocycles. The molecule has 0 saturated carbocycles. The second-order valence-corrected chi connectivity index (χ2v) is 3.54. The lowest BCUT2D eigenvalue weighted by atomic mass is 10.3. The van der Waals surface area contributed by atoms with E-state index < -0.39 is 0 Å². The Morgan fingerprint density at radius 1 is 1.57 bits per heavy atom. The second kappa shape index (κ2) is 8.85. The summed E-state index contributed by atoms with van der Waals surface area (Å²) < 4.78 is 0. The van der Waals surface area contributed by atoms with Gasteiger partial charge in [0.05, 0.1) is 6.61 Å². The van der Waals surface area contributed by atoms with Crippen LogP contribution in [0.15, 0.2) is 4.99 Å². The zero-order valence-corrected chi connectivity index (χ0v) is 9.55. The highest BCUT2D eigenvalue weighted by atomic mass is 32.2. The number of hydrogen-bond donors (Lipinski definition) is 1. The van der Waals surface area contributed by atoms with Crippen molar-refractivity contribution in [3.8, 4) is 6.19 Å². The maximum absolute atomic E-state index is 8.86. The molecule has 0 radical (unpaired) electrons. The molecule has 14 heavy (non-hydrogen) atoms. The van der Waals surface area contributed by atoms with Crippen LogP contribution in [-0.2, 0) is 0 Å². The van der Waals surface area contributed by atoms with Crippen LogP contribution in [-0.4, -0.2) is 41.1 Å². The normalized spacial score (nSPS) is 11.1. The first-order valence-electron chi connectivity index (χ1n) is 4.66. The van der Waals surface area contributed by atoms with Gasteiger partial charge >= 0.3 is 0 Å². The first-order valence-corrected chi connectivity index (χ1v) is 5.89. The second-order valence-electron chi connectivity index (χ2n) is 2.76. The fraction of sp³-hybridized carbons (Fsp3) is 0.778. The molecule has 80 valence electrons. The third-order valence-corrected chi connectivity index (χ3v) is 2.46. The molecular weight excluding hydrogens is 198 g/mol. The van der Waals surface area contributed by atoms with Gasteiger partial charge in [-0.3, -0.25) is 0 Å². The van der Waals surface area contributed by atoms with E-state index in [4.69, 9.17) is 10.4 Å². The first kappa shape index (κ1) is 13.3. The Morgan fingerprint density at radius 3 is 2.71 bits per heavy atom. The van der Waals surface area contributed by atoms with Crippen LogP contribution in [0.3, 0.4) is 0 Å². The fourth-order valence-corrected chi connectivity index (χ4v) is 1.63. The Balaban J connectivity index is 4.29. The minimum atomic E-state index is 0.0920. The number of aliphatic hydroxyl groups excluding tert-OH is 1. The van der Waals surface area contributed by atoms with Gasteiger partial charge in [-0.05, 0) is 12.7 Å². The molecule has 5 heteroatoms. The molecule has 0 aliphatic carbocycles. The lowest BCUT2D eigenvalue weighted by Gasteiger charge is -2.22. The highest BCUT2D eigenvalue weighted by Gasteiger charge is 2.08. The van der Waals surface area contributed by atoms with Crippen molar-refractivity contribution in [3.63, 3.8) is 0 Å². The molecule has 0 amide bonds. The third-order valence-electron chi connectivity index (χ3n) is 1.75. The van der Waals surface area contributed by atoms with Gasteiger partial charge in [-0.1, -0.05) is 25.1 Å². The summed E-state index contributed by atoms with van der Waals surface area (Å²) in [5, 5.41) is 18.0. The Morgan fingerprint density at radius 2 is 2.29 bits per heavy atom. The summed E-state index contributed by atoms with van der Waals surface area (Å²) in [5.41, 5.74) is 0. The Kier molecular flexibility index (Phi) is 8.39. The molecule has 0 atom stereocenters. The number of amidine groups is 1. The standard InChI is InChI=1S/C9H17N3OS/c1-3-4-5-12(6-7-13)9(14-2)11-8-10/h13H,3-7H2,1-2H3. The van der Waals surface area contributed by atoms with Crippen molar-refractivity contribution in [1.29, 1.82) is 5.26 Å². The molecule has 0 aromatic rings. The molecule has 0 rings (SSSR count). The van der Waals surface area contributed by atoms with Crippen LogP contribution in [0.1, 0.15) is 19.8 Å². The van der Waals surface area contributed by atoms with Gasteiger partial charge < -0.3 is 10.0 Å². The van der Waals surface area contributed by atoms with E-state index in [1.807, 2.05) is 11.2 Å². The first-order chi connectivity index (χ1) is 6.79. The maximum Gasteiger partial charge on any atom is 0.208 e. The SMILES string of the molecule is CCCCN(CCO)C(=NC#N)SC. The van der Waals surface area contributed by atoms with Crippen LogP contribution in [0.5, 0.6) is 0 Å². The van der Waals surface area contributed by atoms with E-state index >= 15 is 0 Å². The van der Waals surface area contributed by atoms with E-state index in [9.17, 15) is 0 Å². The molecule has 0 aromatic carbocycles. The summed E-state index contributed by atoms with van der Waals surface area (Å²) >= 11 is 1.44. The summed E-state index contributed by atoms with van der Waals surface area (Å²) in [6.07, 6.45) is 5.80. The molecule has 0 saturated heterocycles. The van der Waals surface area contributed by atoms with Gasteiger partial charge in [0.2, 0.25) is 6.19 Å². The lowest BCUT2D eigenvalue weighted by Crippen LogP contribution is -2.32. The number of nitrogens with zero attached hydrogens (tertiary/aromatic N) is 3. The van der Waals surface area contributed by atoms with E-state index in [0.29, 0.717) is 11.7 Å². The van der Waals surface area contributed by atoms with Crippen LogP contribution in [0.2, 0.25) is 0 Å². The van der Waals surface area contributed by atoms with Crippen LogP contribution < -0.4 is 0 Å². The summed E-state index contributed by atoms with van der Waals surface area (Å²) in [6.45, 7) is 3.59. The smallest absolute Gasteiger partial charge is 0.208 e. The van der Waals surface area contributed by atoms with Gasteiger partial charge in [-0.2, -0.15) is 5.26 Å². The van der Waals surface area contributed by atoms with Crippen molar-refractivity contribution >= 4 is 16.9 Å². The fourth-order valence-electron chi connectivity index (χ4n) is 1.06. The van der Waals surface area contributed by atoms with Crippen molar-refractivity contribution in [2.45, 2.75) is 19.8 Å². The van der Waals surface area contributed by atoms with Crippen LogP contribution in [0.25, 0.3) is 0 Å². The number of nitriles is 1. The third kappa shape index (κ3) is 5.10. The minimum absolute atomic E-state index is 0.0920. The Labute approximate surface area is 89.6 Å². The Hall–Kier alpha value is -0.730. The van der Waals surface area contributed by atoms with E-state index in [2.05, 4.69) is 11.9 Å². The van der Waals surface area contributed by atoms with E-state index in [1.54, 1.807) is 6.19 Å². The number of hydrogen-bond acceptors (Lipinski definition) is 4. The van der Waals surface area contributed by atoms with Crippen molar-refractivity contribution in [1.82, 2.24) is 4.90 Å². The number of unbranched alkanes of at least 4 members (excludes halogenated alkanes) is 1. The summed E-state index contributed by atoms with van der Waals surface area (Å²) in [7, 11) is 0. The van der Waals surface area contributed by atoms with Crippen LogP contribution in [0, 0.1) is 11.5 Å². The molecule has 0 heterocycles. The summed E-state index contributed by atoms with van der Waals surface area (Å²) in [4.78, 5) is 5.66. The quantitative estimate of drug-likeness (QED) is 0.426. The van der Waals surface area contributed by atoms with Crippen LogP contribution in [0.4, 0.5) is 0 Å². The van der Waals surface area contributed by atoms with Gasteiger partial charge in [0.25, 0.3) is 0 Å². The summed E-state index contributed by atoms with van der Waals surface area (Å²) in [5.74, 6) is 0. The zero-order chi connectivity index (χ0) is 10.8. The predicted molar refractivity (Wildman–Crippen MR) is 60.1 cm³/mol. The van der Waals surface area contributed by atoms with Gasteiger partial charge in [-0.15, -0.1) is 4.99 Å². The van der Waals surface area contributed by atoms with Crippen molar-refractivity contribution in [2.75, 3.05) is 26.0 Å². The van der Waals surface area contributed by atoms with Crippen molar-refractivity contribution in [3.05, 3.63) is 0 Å². The van der Waals surface area contributed by atoms with E-state index in [1.165, 1.54) is 11.8 Å². The van der Waals surface area contributed by atoms with Crippen LogP contribution >= 0.6 is 11.8 Å². The Bertz CT molecular complexity index is 213. The van der Waals surface area contributed by atoms with Gasteiger partial charge in [0.1, 0.15) is 0 Å². The van der Waals surface area contributed by atoms with E-state index in [0.717, 1.165) is 19.4 Å². The minimum Gasteiger partial charge on any atom is -0.395 e. The number of aliphatic hydroxyl groups is 1. The van der Waals surface area contributed by atoms with Crippen molar-refractivity contribution < 1.29 is 5.11 Å². The maximum atomic E-state index is 8.86. The van der Waals surface area contributed by atoms with Gasteiger partial charge in [0, 0.05) is 13.1 Å². The highest BCUT2D eigenvalue weighted by molar-refractivity contribution is 8.13. The molecule has 0 bridgehead atoms. The molecule has 1 N–H and O–H groups in total. The molecule has 0 spiro atoms. The monoisotopic (exact) mass is 215 g/mol. The molecule has 0 aliphatic heterocycles.